The molecular weight excluding hydrogens is 445 g/mol. The normalized spacial score (nSPS) is 11.1. The quantitative estimate of drug-likeness (QED) is 0.275. The number of anilines is 2. The molecule has 0 saturated heterocycles. The fourth-order valence-corrected chi connectivity index (χ4v) is 4.36. The van der Waals surface area contributed by atoms with E-state index >= 15 is 0 Å². The number of benzene rings is 4. The Morgan fingerprint density at radius 1 is 0.875 bits per heavy atom. The predicted molar refractivity (Wildman–Crippen MR) is 129 cm³/mol. The fraction of sp³-hybridized carbons (Fsp3) is 0.0400. The lowest BCUT2D eigenvalue weighted by molar-refractivity contribution is 0.414. The molecule has 0 atom stereocenters. The van der Waals surface area contributed by atoms with Crippen LogP contribution in [0.25, 0.3) is 21.8 Å². The highest BCUT2D eigenvalue weighted by Crippen LogP contribution is 2.35. The third-order valence-corrected chi connectivity index (χ3v) is 6.23. The van der Waals surface area contributed by atoms with Gasteiger partial charge in [-0.15, -0.1) is 0 Å². The van der Waals surface area contributed by atoms with E-state index in [2.05, 4.69) is 11.4 Å². The molecule has 0 aliphatic heterocycles. The second-order valence-corrected chi connectivity index (χ2v) is 8.57. The minimum Gasteiger partial charge on any atom is -0.497 e. The summed E-state index contributed by atoms with van der Waals surface area (Å²) >= 11 is 7.45. The molecule has 32 heavy (non-hydrogen) atoms. The highest BCUT2D eigenvalue weighted by molar-refractivity contribution is 7.99. The van der Waals surface area contributed by atoms with Gasteiger partial charge < -0.3 is 10.1 Å². The largest absolute Gasteiger partial charge is 0.497 e. The van der Waals surface area contributed by atoms with Gasteiger partial charge >= 0.3 is 0 Å². The second kappa shape index (κ2) is 8.65. The Hall–Kier alpha value is -3.35. The van der Waals surface area contributed by atoms with Gasteiger partial charge in [0.2, 0.25) is 0 Å². The first-order valence-corrected chi connectivity index (χ1v) is 11.0. The Labute approximate surface area is 193 Å². The number of rotatable bonds is 5. The summed E-state index contributed by atoms with van der Waals surface area (Å²) in [5.41, 5.74) is 2.18. The third-order valence-electron chi connectivity index (χ3n) is 4.96. The van der Waals surface area contributed by atoms with Gasteiger partial charge in [0.25, 0.3) is 0 Å². The standard InChI is InChI=1S/C25H17ClFN3OS/c1-31-18-7-9-19(10-8-18)32-25-24(28-17-6-11-21(27)20(26)14-17)29-22-12-15-4-2-3-5-16(15)13-23(22)30-25/h2-14H,1H3,(H,28,29). The van der Waals surface area contributed by atoms with Gasteiger partial charge in [0.15, 0.2) is 5.82 Å². The summed E-state index contributed by atoms with van der Waals surface area (Å²) in [6.45, 7) is 0. The predicted octanol–water partition coefficient (Wildman–Crippen LogP) is 7.48. The monoisotopic (exact) mass is 461 g/mol. The van der Waals surface area contributed by atoms with Gasteiger partial charge in [0, 0.05) is 10.6 Å². The second-order valence-electron chi connectivity index (χ2n) is 7.10. The minimum absolute atomic E-state index is 0.0408. The number of halogens is 2. The molecule has 0 aliphatic carbocycles. The molecule has 0 saturated carbocycles. The summed E-state index contributed by atoms with van der Waals surface area (Å²) in [5.74, 6) is 0.877. The number of aromatic nitrogens is 2. The van der Waals surface area contributed by atoms with Crippen molar-refractivity contribution in [3.8, 4) is 5.75 Å². The molecule has 0 aliphatic rings. The SMILES string of the molecule is COc1ccc(Sc2nc3cc4ccccc4cc3nc2Nc2ccc(F)c(Cl)c2)cc1. The van der Waals surface area contributed by atoms with Crippen molar-refractivity contribution in [2.45, 2.75) is 9.92 Å². The fourth-order valence-electron chi connectivity index (χ4n) is 3.34. The molecule has 158 valence electrons. The lowest BCUT2D eigenvalue weighted by Crippen LogP contribution is -2.00. The van der Waals surface area contributed by atoms with Crippen LogP contribution < -0.4 is 10.1 Å². The molecule has 1 aromatic heterocycles. The van der Waals surface area contributed by atoms with Crippen LogP contribution in [0.1, 0.15) is 0 Å². The van der Waals surface area contributed by atoms with Crippen LogP contribution in [0.15, 0.2) is 88.8 Å². The van der Waals surface area contributed by atoms with Crippen LogP contribution in [0.3, 0.4) is 0 Å². The molecular formula is C25H17ClFN3OS. The van der Waals surface area contributed by atoms with Crippen molar-refractivity contribution in [2.75, 3.05) is 12.4 Å². The first kappa shape index (κ1) is 20.5. The number of nitrogens with zero attached hydrogens (tertiary/aromatic N) is 2. The number of fused-ring (bicyclic) bond motifs is 2. The Bertz CT molecular complexity index is 1440. The van der Waals surface area contributed by atoms with Crippen molar-refractivity contribution < 1.29 is 9.13 Å². The third kappa shape index (κ3) is 4.20. The van der Waals surface area contributed by atoms with Gasteiger partial charge in [-0.05, 0) is 65.4 Å². The van der Waals surface area contributed by atoms with Crippen LogP contribution in [0.2, 0.25) is 5.02 Å². The number of hydrogen-bond acceptors (Lipinski definition) is 5. The summed E-state index contributed by atoms with van der Waals surface area (Å²) < 4.78 is 18.9. The van der Waals surface area contributed by atoms with Crippen molar-refractivity contribution in [3.05, 3.63) is 89.7 Å². The van der Waals surface area contributed by atoms with Gasteiger partial charge in [-0.2, -0.15) is 0 Å². The van der Waals surface area contributed by atoms with Crippen molar-refractivity contribution in [3.63, 3.8) is 0 Å². The minimum atomic E-state index is -0.471. The lowest BCUT2D eigenvalue weighted by Gasteiger charge is -2.13. The molecule has 1 N–H and O–H groups in total. The van der Waals surface area contributed by atoms with Crippen LogP contribution >= 0.6 is 23.4 Å². The smallest absolute Gasteiger partial charge is 0.164 e. The molecule has 4 aromatic carbocycles. The highest BCUT2D eigenvalue weighted by Gasteiger charge is 2.13. The zero-order valence-electron chi connectivity index (χ0n) is 17.0. The summed E-state index contributed by atoms with van der Waals surface area (Å²) in [7, 11) is 1.64. The van der Waals surface area contributed by atoms with Crippen molar-refractivity contribution in [1.82, 2.24) is 9.97 Å². The summed E-state index contributed by atoms with van der Waals surface area (Å²) in [6, 6.07) is 24.4. The molecule has 0 radical (unpaired) electrons. The first-order valence-electron chi connectivity index (χ1n) is 9.83. The van der Waals surface area contributed by atoms with E-state index in [-0.39, 0.29) is 5.02 Å². The summed E-state index contributed by atoms with van der Waals surface area (Å²) in [6.07, 6.45) is 0. The Kier molecular flexibility index (Phi) is 5.55. The number of nitrogens with one attached hydrogen (secondary N) is 1. The summed E-state index contributed by atoms with van der Waals surface area (Å²) in [5, 5.41) is 6.17. The van der Waals surface area contributed by atoms with Crippen LogP contribution in [-0.4, -0.2) is 17.1 Å². The molecule has 0 bridgehead atoms. The van der Waals surface area contributed by atoms with Crippen molar-refractivity contribution in [2.24, 2.45) is 0 Å². The topological polar surface area (TPSA) is 47.0 Å². The Morgan fingerprint density at radius 2 is 1.56 bits per heavy atom. The van der Waals surface area contributed by atoms with Gasteiger partial charge in [-0.1, -0.05) is 47.6 Å². The molecule has 5 aromatic rings. The number of methoxy groups -OCH3 is 1. The maximum atomic E-state index is 13.6. The lowest BCUT2D eigenvalue weighted by atomic mass is 10.1. The average molecular weight is 462 g/mol. The van der Waals surface area contributed by atoms with Gasteiger partial charge in [0.1, 0.15) is 16.6 Å². The average Bonchev–Trinajstić information content (AvgIpc) is 2.81. The maximum Gasteiger partial charge on any atom is 0.164 e. The van der Waals surface area contributed by atoms with E-state index in [0.717, 1.165) is 32.5 Å². The molecule has 0 unspecified atom stereocenters. The van der Waals surface area contributed by atoms with Gasteiger partial charge in [-0.25, -0.2) is 14.4 Å². The van der Waals surface area contributed by atoms with Crippen LogP contribution in [0.5, 0.6) is 5.75 Å². The van der Waals surface area contributed by atoms with Crippen LogP contribution in [0, 0.1) is 5.82 Å². The maximum absolute atomic E-state index is 13.6. The molecule has 7 heteroatoms. The molecule has 0 spiro atoms. The number of hydrogen-bond donors (Lipinski definition) is 1. The van der Waals surface area contributed by atoms with E-state index in [0.29, 0.717) is 16.5 Å². The molecule has 0 amide bonds. The van der Waals surface area contributed by atoms with Crippen molar-refractivity contribution in [1.29, 1.82) is 0 Å². The molecule has 4 nitrogen and oxygen atoms in total. The van der Waals surface area contributed by atoms with Crippen LogP contribution in [0.4, 0.5) is 15.9 Å². The molecule has 1 heterocycles. The first-order chi connectivity index (χ1) is 15.6. The van der Waals surface area contributed by atoms with E-state index in [9.17, 15) is 4.39 Å². The Morgan fingerprint density at radius 3 is 2.22 bits per heavy atom. The zero-order chi connectivity index (χ0) is 22.1. The van der Waals surface area contributed by atoms with Crippen LogP contribution in [-0.2, 0) is 0 Å². The van der Waals surface area contributed by atoms with E-state index < -0.39 is 5.82 Å². The highest BCUT2D eigenvalue weighted by atomic mass is 35.5. The van der Waals surface area contributed by atoms with E-state index in [1.807, 2.05) is 54.6 Å². The zero-order valence-corrected chi connectivity index (χ0v) is 18.5. The van der Waals surface area contributed by atoms with Crippen molar-refractivity contribution >= 4 is 56.7 Å². The van der Waals surface area contributed by atoms with E-state index in [1.165, 1.54) is 23.9 Å². The molecule has 0 fully saturated rings. The van der Waals surface area contributed by atoms with Gasteiger partial charge in [-0.3, -0.25) is 0 Å². The van der Waals surface area contributed by atoms with E-state index in [4.69, 9.17) is 26.3 Å². The Balaban J connectivity index is 1.61. The van der Waals surface area contributed by atoms with Gasteiger partial charge in [0.05, 0.1) is 23.2 Å². The summed E-state index contributed by atoms with van der Waals surface area (Å²) in [4.78, 5) is 10.7. The van der Waals surface area contributed by atoms with E-state index in [1.54, 1.807) is 13.2 Å². The number of ether oxygens (including phenoxy) is 1. The molecule has 5 rings (SSSR count).